The molecule has 0 bridgehead atoms. The van der Waals surface area contributed by atoms with E-state index < -0.39 is 10.0 Å². The van der Waals surface area contributed by atoms with Gasteiger partial charge in [-0.3, -0.25) is 0 Å². The number of nitrogens with zero attached hydrogens (tertiary/aromatic N) is 2. The van der Waals surface area contributed by atoms with E-state index in [9.17, 15) is 8.42 Å². The van der Waals surface area contributed by atoms with Gasteiger partial charge in [0.25, 0.3) is 10.0 Å². The first-order chi connectivity index (χ1) is 8.08. The highest BCUT2D eigenvalue weighted by Gasteiger charge is 2.22. The van der Waals surface area contributed by atoms with Crippen molar-refractivity contribution in [2.45, 2.75) is 17.2 Å². The van der Waals surface area contributed by atoms with Crippen LogP contribution < -0.4 is 10.5 Å². The number of hydrogen-bond acceptors (Lipinski definition) is 7. The predicted octanol–water partition coefficient (Wildman–Crippen LogP) is 0.542. The molecule has 1 saturated heterocycles. The smallest absolute Gasteiger partial charge is 0.269 e. The molecule has 2 rings (SSSR count). The maximum atomic E-state index is 11.8. The van der Waals surface area contributed by atoms with Crippen LogP contribution in [0.1, 0.15) is 12.8 Å². The summed E-state index contributed by atoms with van der Waals surface area (Å²) < 4.78 is 26.2. The number of aromatic nitrogens is 2. The van der Waals surface area contributed by atoms with E-state index in [0.29, 0.717) is 12.5 Å². The van der Waals surface area contributed by atoms with Gasteiger partial charge in [-0.05, 0) is 30.3 Å². The van der Waals surface area contributed by atoms with Crippen LogP contribution in [0.25, 0.3) is 0 Å². The Bertz CT molecular complexity index is 467. The Balaban J connectivity index is 1.93. The number of sulfonamides is 1. The van der Waals surface area contributed by atoms with Gasteiger partial charge in [0, 0.05) is 6.54 Å². The van der Waals surface area contributed by atoms with Crippen molar-refractivity contribution in [3.63, 3.8) is 0 Å². The molecule has 2 heterocycles. The van der Waals surface area contributed by atoms with Crippen molar-refractivity contribution in [3.8, 4) is 0 Å². The Morgan fingerprint density at radius 2 is 2.06 bits per heavy atom. The summed E-state index contributed by atoms with van der Waals surface area (Å²) in [5.74, 6) is 2.65. The van der Waals surface area contributed by atoms with E-state index in [1.54, 1.807) is 0 Å². The molecular formula is C8H14N4O2S3. The van der Waals surface area contributed by atoms with E-state index in [4.69, 9.17) is 5.73 Å². The van der Waals surface area contributed by atoms with E-state index in [2.05, 4.69) is 14.9 Å². The van der Waals surface area contributed by atoms with Gasteiger partial charge >= 0.3 is 0 Å². The van der Waals surface area contributed by atoms with Gasteiger partial charge in [-0.1, -0.05) is 11.3 Å². The summed E-state index contributed by atoms with van der Waals surface area (Å²) >= 11 is 2.80. The van der Waals surface area contributed by atoms with Crippen molar-refractivity contribution in [2.75, 3.05) is 23.8 Å². The fraction of sp³-hybridized carbons (Fsp3) is 0.750. The van der Waals surface area contributed by atoms with Crippen LogP contribution in [0.5, 0.6) is 0 Å². The summed E-state index contributed by atoms with van der Waals surface area (Å²) in [6.07, 6.45) is 2.12. The number of nitrogen functional groups attached to an aromatic ring is 1. The molecule has 9 heteroatoms. The van der Waals surface area contributed by atoms with E-state index in [1.165, 1.54) is 0 Å². The molecule has 0 aromatic carbocycles. The average Bonchev–Trinajstić information content (AvgIpc) is 2.76. The highest BCUT2D eigenvalue weighted by atomic mass is 32.2. The molecule has 0 spiro atoms. The topological polar surface area (TPSA) is 98.0 Å². The van der Waals surface area contributed by atoms with Crippen molar-refractivity contribution in [2.24, 2.45) is 5.92 Å². The maximum Gasteiger partial charge on any atom is 0.269 e. The summed E-state index contributed by atoms with van der Waals surface area (Å²) in [5.41, 5.74) is 5.36. The van der Waals surface area contributed by atoms with Crippen molar-refractivity contribution in [3.05, 3.63) is 0 Å². The maximum absolute atomic E-state index is 11.8. The van der Waals surface area contributed by atoms with Crippen LogP contribution in [0.15, 0.2) is 4.34 Å². The molecule has 0 unspecified atom stereocenters. The predicted molar refractivity (Wildman–Crippen MR) is 69.6 cm³/mol. The molecule has 1 fully saturated rings. The molecule has 1 aromatic heterocycles. The second-order valence-electron chi connectivity index (χ2n) is 3.81. The van der Waals surface area contributed by atoms with Gasteiger partial charge in [0.1, 0.15) is 0 Å². The lowest BCUT2D eigenvalue weighted by Crippen LogP contribution is -2.31. The lowest BCUT2D eigenvalue weighted by atomic mass is 10.0. The van der Waals surface area contributed by atoms with Crippen LogP contribution in [0.4, 0.5) is 5.13 Å². The molecule has 0 atom stereocenters. The summed E-state index contributed by atoms with van der Waals surface area (Å²) in [5, 5.41) is 7.21. The van der Waals surface area contributed by atoms with Gasteiger partial charge < -0.3 is 5.73 Å². The van der Waals surface area contributed by atoms with Gasteiger partial charge in [0.05, 0.1) is 0 Å². The zero-order valence-electron chi connectivity index (χ0n) is 9.13. The molecule has 0 radical (unpaired) electrons. The zero-order chi connectivity index (χ0) is 12.3. The SMILES string of the molecule is Nc1nnc(S(=O)(=O)NCC2CCSCC2)s1. The van der Waals surface area contributed by atoms with E-state index >= 15 is 0 Å². The van der Waals surface area contributed by atoms with Crippen LogP contribution >= 0.6 is 23.1 Å². The van der Waals surface area contributed by atoms with Crippen LogP contribution in [0, 0.1) is 5.92 Å². The third-order valence-electron chi connectivity index (χ3n) is 2.55. The first-order valence-corrected chi connectivity index (χ1v) is 8.70. The Labute approximate surface area is 108 Å². The Hall–Kier alpha value is -0.380. The Morgan fingerprint density at radius 3 is 2.65 bits per heavy atom. The normalized spacial score (nSPS) is 18.4. The molecule has 0 amide bonds. The largest absolute Gasteiger partial charge is 0.374 e. The van der Waals surface area contributed by atoms with Crippen molar-refractivity contribution < 1.29 is 8.42 Å². The lowest BCUT2D eigenvalue weighted by molar-refractivity contribution is 0.476. The fourth-order valence-corrected chi connectivity index (χ4v) is 4.71. The molecule has 0 saturated carbocycles. The molecule has 96 valence electrons. The van der Waals surface area contributed by atoms with Crippen molar-refractivity contribution in [1.29, 1.82) is 0 Å². The van der Waals surface area contributed by atoms with Gasteiger partial charge in [0.2, 0.25) is 9.47 Å². The second kappa shape index (κ2) is 5.51. The average molecular weight is 294 g/mol. The Kier molecular flexibility index (Phi) is 4.23. The first-order valence-electron chi connectivity index (χ1n) is 5.24. The number of rotatable bonds is 4. The molecule has 17 heavy (non-hydrogen) atoms. The highest BCUT2D eigenvalue weighted by Crippen LogP contribution is 2.23. The summed E-state index contributed by atoms with van der Waals surface area (Å²) in [4.78, 5) is 0. The minimum Gasteiger partial charge on any atom is -0.374 e. The van der Waals surface area contributed by atoms with E-state index in [1.807, 2.05) is 11.8 Å². The minimum absolute atomic E-state index is 0.0554. The molecular weight excluding hydrogens is 280 g/mol. The molecule has 6 nitrogen and oxygen atoms in total. The third-order valence-corrected chi connectivity index (χ3v) is 6.15. The van der Waals surface area contributed by atoms with Gasteiger partial charge in [-0.15, -0.1) is 10.2 Å². The van der Waals surface area contributed by atoms with Gasteiger partial charge in [-0.25, -0.2) is 13.1 Å². The van der Waals surface area contributed by atoms with Crippen LogP contribution in [0.3, 0.4) is 0 Å². The summed E-state index contributed by atoms with van der Waals surface area (Å²) in [6, 6.07) is 0. The van der Waals surface area contributed by atoms with Crippen LogP contribution in [0.2, 0.25) is 0 Å². The monoisotopic (exact) mass is 294 g/mol. The standard InChI is InChI=1S/C8H14N4O2S3/c9-7-11-12-8(16-7)17(13,14)10-5-6-1-3-15-4-2-6/h6,10H,1-5H2,(H2,9,11). The number of anilines is 1. The van der Waals surface area contributed by atoms with Crippen LogP contribution in [-0.4, -0.2) is 36.7 Å². The Morgan fingerprint density at radius 1 is 1.35 bits per heavy atom. The quantitative estimate of drug-likeness (QED) is 0.841. The van der Waals surface area contributed by atoms with Crippen LogP contribution in [-0.2, 0) is 10.0 Å². The fourth-order valence-electron chi connectivity index (χ4n) is 1.57. The number of hydrogen-bond donors (Lipinski definition) is 2. The van der Waals surface area contributed by atoms with Crippen molar-refractivity contribution >= 4 is 38.3 Å². The second-order valence-corrected chi connectivity index (χ2v) is 7.99. The van der Waals surface area contributed by atoms with E-state index in [-0.39, 0.29) is 9.47 Å². The van der Waals surface area contributed by atoms with Gasteiger partial charge in [-0.2, -0.15) is 11.8 Å². The molecule has 1 aliphatic rings. The number of thioether (sulfide) groups is 1. The summed E-state index contributed by atoms with van der Waals surface area (Å²) in [6.45, 7) is 0.475. The molecule has 1 aromatic rings. The number of nitrogens with one attached hydrogen (secondary N) is 1. The molecule has 1 aliphatic heterocycles. The summed E-state index contributed by atoms with van der Waals surface area (Å²) in [7, 11) is -3.53. The first kappa shape index (κ1) is 13.1. The highest BCUT2D eigenvalue weighted by molar-refractivity contribution is 7.99. The van der Waals surface area contributed by atoms with Gasteiger partial charge in [0.15, 0.2) is 0 Å². The lowest BCUT2D eigenvalue weighted by Gasteiger charge is -2.20. The third kappa shape index (κ3) is 3.54. The minimum atomic E-state index is -3.53. The van der Waals surface area contributed by atoms with Crippen molar-refractivity contribution in [1.82, 2.24) is 14.9 Å². The van der Waals surface area contributed by atoms with E-state index in [0.717, 1.165) is 35.7 Å². The number of nitrogens with two attached hydrogens (primary N) is 1. The molecule has 0 aliphatic carbocycles. The molecule has 3 N–H and O–H groups in total. The zero-order valence-corrected chi connectivity index (χ0v) is 11.6.